The van der Waals surface area contributed by atoms with Crippen molar-refractivity contribution in [2.75, 3.05) is 13.2 Å². The molecule has 0 fully saturated rings. The van der Waals surface area contributed by atoms with Gasteiger partial charge in [-0.2, -0.15) is 5.26 Å². The Morgan fingerprint density at radius 3 is 2.53 bits per heavy atom. The maximum Gasteiger partial charge on any atom is 0.313 e. The topological polar surface area (TPSA) is 112 Å². The molecule has 3 aromatic rings. The highest BCUT2D eigenvalue weighted by Gasteiger charge is 2.30. The first-order chi connectivity index (χ1) is 15.3. The summed E-state index contributed by atoms with van der Waals surface area (Å²) in [6, 6.07) is 17.0. The number of rotatable bonds is 7. The lowest BCUT2D eigenvalue weighted by Crippen LogP contribution is -2.40. The fraction of sp³-hybridized carbons (Fsp3) is 0.250. The van der Waals surface area contributed by atoms with Gasteiger partial charge in [0.2, 0.25) is 0 Å². The van der Waals surface area contributed by atoms with E-state index in [0.717, 1.165) is 9.79 Å². The number of hydrogen-bond acceptors (Lipinski definition) is 7. The maximum absolute atomic E-state index is 12.7. The summed E-state index contributed by atoms with van der Waals surface area (Å²) >= 11 is 1.51. The van der Waals surface area contributed by atoms with E-state index in [2.05, 4.69) is 10.3 Å². The van der Waals surface area contributed by atoms with E-state index in [0.29, 0.717) is 10.8 Å². The standard InChI is InChI=1S/C24H23N3O4S/c1-4-31-23(30)24(2,3)14-26-22(29)20-21(28)17-11-10-16(12-18(17)19(13-25)27-20)32-15-8-6-5-7-9-15/h5-12,28H,4,14H2,1-3H3,(H,26,29). The van der Waals surface area contributed by atoms with Gasteiger partial charge in [0.1, 0.15) is 11.8 Å². The predicted molar refractivity (Wildman–Crippen MR) is 121 cm³/mol. The van der Waals surface area contributed by atoms with Gasteiger partial charge in [0.15, 0.2) is 11.4 Å². The zero-order valence-electron chi connectivity index (χ0n) is 18.0. The number of nitriles is 1. The second-order valence-electron chi connectivity index (χ2n) is 7.68. The van der Waals surface area contributed by atoms with Crippen molar-refractivity contribution in [2.45, 2.75) is 30.6 Å². The van der Waals surface area contributed by atoms with Crippen molar-refractivity contribution in [1.82, 2.24) is 10.3 Å². The Morgan fingerprint density at radius 1 is 1.16 bits per heavy atom. The molecule has 1 aromatic heterocycles. The van der Waals surface area contributed by atoms with E-state index in [-0.39, 0.29) is 30.3 Å². The Balaban J connectivity index is 1.89. The summed E-state index contributed by atoms with van der Waals surface area (Å²) in [5.41, 5.74) is -1.19. The molecular formula is C24H23N3O4S. The molecule has 7 nitrogen and oxygen atoms in total. The third-order valence-electron chi connectivity index (χ3n) is 4.77. The monoisotopic (exact) mass is 449 g/mol. The molecule has 0 aliphatic heterocycles. The van der Waals surface area contributed by atoms with Gasteiger partial charge in [0.25, 0.3) is 5.91 Å². The van der Waals surface area contributed by atoms with Crippen LogP contribution in [0.15, 0.2) is 58.3 Å². The van der Waals surface area contributed by atoms with Gasteiger partial charge in [-0.3, -0.25) is 9.59 Å². The summed E-state index contributed by atoms with van der Waals surface area (Å²) in [5.74, 6) is -1.44. The van der Waals surface area contributed by atoms with Crippen molar-refractivity contribution in [1.29, 1.82) is 5.26 Å². The van der Waals surface area contributed by atoms with E-state index >= 15 is 0 Å². The summed E-state index contributed by atoms with van der Waals surface area (Å²) in [4.78, 5) is 30.7. The van der Waals surface area contributed by atoms with Crippen molar-refractivity contribution >= 4 is 34.4 Å². The van der Waals surface area contributed by atoms with Gasteiger partial charge in [-0.05, 0) is 51.1 Å². The number of ether oxygens (including phenoxy) is 1. The minimum Gasteiger partial charge on any atom is -0.505 e. The van der Waals surface area contributed by atoms with Crippen LogP contribution in [0.2, 0.25) is 0 Å². The van der Waals surface area contributed by atoms with Gasteiger partial charge in [-0.25, -0.2) is 4.98 Å². The molecule has 0 spiro atoms. The van der Waals surface area contributed by atoms with Crippen LogP contribution in [0.5, 0.6) is 5.75 Å². The summed E-state index contributed by atoms with van der Waals surface area (Å²) in [7, 11) is 0. The van der Waals surface area contributed by atoms with Gasteiger partial charge >= 0.3 is 5.97 Å². The first-order valence-electron chi connectivity index (χ1n) is 10.0. The molecule has 0 unspecified atom stereocenters. The van der Waals surface area contributed by atoms with Crippen LogP contribution in [-0.2, 0) is 9.53 Å². The average molecular weight is 450 g/mol. The summed E-state index contributed by atoms with van der Waals surface area (Å²) in [5, 5.41) is 23.7. The Hall–Kier alpha value is -3.57. The molecular weight excluding hydrogens is 426 g/mol. The number of nitrogens with one attached hydrogen (secondary N) is 1. The number of aromatic nitrogens is 1. The number of carbonyl (C=O) groups excluding carboxylic acids is 2. The van der Waals surface area contributed by atoms with Crippen LogP contribution in [0.1, 0.15) is 37.0 Å². The van der Waals surface area contributed by atoms with Crippen molar-refractivity contribution in [3.8, 4) is 11.8 Å². The highest BCUT2D eigenvalue weighted by molar-refractivity contribution is 7.99. The molecule has 0 aliphatic carbocycles. The van der Waals surface area contributed by atoms with E-state index in [1.54, 1.807) is 32.9 Å². The van der Waals surface area contributed by atoms with E-state index < -0.39 is 17.3 Å². The van der Waals surface area contributed by atoms with Crippen LogP contribution in [0.3, 0.4) is 0 Å². The molecule has 2 aromatic carbocycles. The number of fused-ring (bicyclic) bond motifs is 1. The summed E-state index contributed by atoms with van der Waals surface area (Å²) in [6.45, 7) is 5.21. The minimum atomic E-state index is -0.959. The summed E-state index contributed by atoms with van der Waals surface area (Å²) in [6.07, 6.45) is 0. The maximum atomic E-state index is 12.7. The second-order valence-corrected chi connectivity index (χ2v) is 8.83. The van der Waals surface area contributed by atoms with E-state index in [1.807, 2.05) is 42.5 Å². The van der Waals surface area contributed by atoms with Crippen LogP contribution in [0.25, 0.3) is 10.8 Å². The molecule has 0 bridgehead atoms. The van der Waals surface area contributed by atoms with Gasteiger partial charge in [-0.1, -0.05) is 30.0 Å². The van der Waals surface area contributed by atoms with E-state index in [9.17, 15) is 20.0 Å². The smallest absolute Gasteiger partial charge is 0.313 e. The number of esters is 1. The number of hydrogen-bond donors (Lipinski definition) is 2. The molecule has 0 aliphatic rings. The molecule has 0 atom stereocenters. The molecule has 164 valence electrons. The normalized spacial score (nSPS) is 11.1. The van der Waals surface area contributed by atoms with E-state index in [4.69, 9.17) is 4.74 Å². The average Bonchev–Trinajstić information content (AvgIpc) is 2.78. The first-order valence-corrected chi connectivity index (χ1v) is 10.8. The number of benzene rings is 2. The van der Waals surface area contributed by atoms with Crippen LogP contribution in [0, 0.1) is 16.7 Å². The molecule has 8 heteroatoms. The molecule has 2 N–H and O–H groups in total. The number of nitrogens with zero attached hydrogens (tertiary/aromatic N) is 2. The van der Waals surface area contributed by atoms with Gasteiger partial charge in [0, 0.05) is 27.1 Å². The first kappa shape index (κ1) is 23.1. The quantitative estimate of drug-likeness (QED) is 0.518. The Kier molecular flexibility index (Phi) is 7.01. The highest BCUT2D eigenvalue weighted by Crippen LogP contribution is 2.35. The Labute approximate surface area is 190 Å². The number of aromatic hydroxyl groups is 1. The van der Waals surface area contributed by atoms with Crippen molar-refractivity contribution in [2.24, 2.45) is 5.41 Å². The number of amides is 1. The van der Waals surface area contributed by atoms with Crippen molar-refractivity contribution in [3.05, 3.63) is 59.9 Å². The van der Waals surface area contributed by atoms with Crippen LogP contribution < -0.4 is 5.32 Å². The van der Waals surface area contributed by atoms with Gasteiger partial charge in [-0.15, -0.1) is 0 Å². The SMILES string of the molecule is CCOC(=O)C(C)(C)CNC(=O)c1nc(C#N)c2cc(Sc3ccccc3)ccc2c1O. The number of pyridine rings is 1. The molecule has 0 radical (unpaired) electrons. The lowest BCUT2D eigenvalue weighted by Gasteiger charge is -2.22. The van der Waals surface area contributed by atoms with Gasteiger partial charge < -0.3 is 15.2 Å². The molecule has 0 saturated carbocycles. The third kappa shape index (κ3) is 5.01. The predicted octanol–water partition coefficient (Wildman–Crippen LogP) is 4.28. The number of carbonyl (C=O) groups is 2. The fourth-order valence-electron chi connectivity index (χ4n) is 2.99. The minimum absolute atomic E-state index is 0.0155. The molecule has 1 heterocycles. The van der Waals surface area contributed by atoms with Crippen LogP contribution >= 0.6 is 11.8 Å². The largest absolute Gasteiger partial charge is 0.505 e. The Morgan fingerprint density at radius 2 is 1.88 bits per heavy atom. The van der Waals surface area contributed by atoms with Crippen LogP contribution in [-0.4, -0.2) is 35.1 Å². The van der Waals surface area contributed by atoms with Gasteiger partial charge in [0.05, 0.1) is 12.0 Å². The Bertz CT molecular complexity index is 1200. The zero-order valence-corrected chi connectivity index (χ0v) is 18.8. The summed E-state index contributed by atoms with van der Waals surface area (Å²) < 4.78 is 5.02. The third-order valence-corrected chi connectivity index (χ3v) is 5.77. The zero-order chi connectivity index (χ0) is 23.3. The van der Waals surface area contributed by atoms with Crippen molar-refractivity contribution < 1.29 is 19.4 Å². The van der Waals surface area contributed by atoms with Crippen molar-refractivity contribution in [3.63, 3.8) is 0 Å². The molecule has 1 amide bonds. The van der Waals surface area contributed by atoms with Crippen LogP contribution in [0.4, 0.5) is 0 Å². The lowest BCUT2D eigenvalue weighted by molar-refractivity contribution is -0.153. The fourth-order valence-corrected chi connectivity index (χ4v) is 3.87. The van der Waals surface area contributed by atoms with E-state index in [1.165, 1.54) is 11.8 Å². The lowest BCUT2D eigenvalue weighted by atomic mass is 9.93. The molecule has 3 rings (SSSR count). The molecule has 32 heavy (non-hydrogen) atoms. The molecule has 0 saturated heterocycles. The highest BCUT2D eigenvalue weighted by atomic mass is 32.2. The second kappa shape index (κ2) is 9.71.